The number of methoxy groups -OCH3 is 1. The van der Waals surface area contributed by atoms with Gasteiger partial charge < -0.3 is 10.1 Å². The second-order valence-electron chi connectivity index (χ2n) is 6.12. The summed E-state index contributed by atoms with van der Waals surface area (Å²) in [7, 11) is 1.58. The molecule has 1 atom stereocenters. The first kappa shape index (κ1) is 20.4. The van der Waals surface area contributed by atoms with Crippen LogP contribution in [0.3, 0.4) is 0 Å². The third-order valence-corrected chi connectivity index (χ3v) is 5.41. The second-order valence-corrected chi connectivity index (χ2v) is 7.87. The van der Waals surface area contributed by atoms with Crippen LogP contribution in [0.4, 0.5) is 5.69 Å². The Morgan fingerprint density at radius 2 is 2.07 bits per heavy atom. The molecule has 8 heteroatoms. The Bertz CT molecular complexity index is 1050. The molecule has 0 aliphatic heterocycles. The van der Waals surface area contributed by atoms with Gasteiger partial charge >= 0.3 is 0 Å². The van der Waals surface area contributed by atoms with Crippen LogP contribution in [-0.4, -0.2) is 34.4 Å². The SMILES string of the molecule is COCCn1c(S[C@H](C)C(=O)Nc2cccc(Cl)c2)nc2ccccc2c1=O. The highest BCUT2D eigenvalue weighted by Crippen LogP contribution is 2.24. The van der Waals surface area contributed by atoms with Crippen LogP contribution in [0.5, 0.6) is 0 Å². The first-order valence-electron chi connectivity index (χ1n) is 8.71. The van der Waals surface area contributed by atoms with Gasteiger partial charge in [-0.25, -0.2) is 4.98 Å². The van der Waals surface area contributed by atoms with E-state index < -0.39 is 5.25 Å². The third kappa shape index (κ3) is 4.73. The number of thioether (sulfide) groups is 1. The molecule has 0 aliphatic carbocycles. The van der Waals surface area contributed by atoms with Crippen molar-refractivity contribution in [1.29, 1.82) is 0 Å². The van der Waals surface area contributed by atoms with Crippen LogP contribution in [-0.2, 0) is 16.1 Å². The maximum absolute atomic E-state index is 12.9. The van der Waals surface area contributed by atoms with Gasteiger partial charge in [-0.15, -0.1) is 0 Å². The number of halogens is 1. The molecule has 0 saturated carbocycles. The fourth-order valence-corrected chi connectivity index (χ4v) is 3.76. The Morgan fingerprint density at radius 1 is 1.29 bits per heavy atom. The van der Waals surface area contributed by atoms with Crippen LogP contribution in [0, 0.1) is 0 Å². The number of carbonyl (C=O) groups excluding carboxylic acids is 1. The zero-order valence-corrected chi connectivity index (χ0v) is 17.1. The summed E-state index contributed by atoms with van der Waals surface area (Å²) >= 11 is 7.20. The van der Waals surface area contributed by atoms with Crippen LogP contribution in [0.2, 0.25) is 5.02 Å². The summed E-state index contributed by atoms with van der Waals surface area (Å²) in [6.45, 7) is 2.50. The largest absolute Gasteiger partial charge is 0.383 e. The Balaban J connectivity index is 1.87. The lowest BCUT2D eigenvalue weighted by atomic mass is 10.2. The van der Waals surface area contributed by atoms with Gasteiger partial charge in [0, 0.05) is 17.8 Å². The minimum Gasteiger partial charge on any atom is -0.383 e. The number of carbonyl (C=O) groups is 1. The van der Waals surface area contributed by atoms with Gasteiger partial charge in [0.05, 0.1) is 29.3 Å². The summed E-state index contributed by atoms with van der Waals surface area (Å²) in [6.07, 6.45) is 0. The molecule has 1 N–H and O–H groups in total. The zero-order chi connectivity index (χ0) is 20.1. The molecule has 1 amide bonds. The molecule has 0 fully saturated rings. The van der Waals surface area contributed by atoms with Crippen molar-refractivity contribution in [3.05, 3.63) is 63.9 Å². The van der Waals surface area contributed by atoms with E-state index in [0.717, 1.165) is 0 Å². The van der Waals surface area contributed by atoms with Crippen LogP contribution >= 0.6 is 23.4 Å². The number of nitrogens with zero attached hydrogens (tertiary/aromatic N) is 2. The number of hydrogen-bond acceptors (Lipinski definition) is 5. The van der Waals surface area contributed by atoms with Crippen LogP contribution < -0.4 is 10.9 Å². The molecule has 0 spiro atoms. The normalized spacial score (nSPS) is 12.1. The van der Waals surface area contributed by atoms with Gasteiger partial charge in [-0.1, -0.05) is 41.6 Å². The summed E-state index contributed by atoms with van der Waals surface area (Å²) in [5, 5.41) is 3.93. The summed E-state index contributed by atoms with van der Waals surface area (Å²) < 4.78 is 6.68. The Hall–Kier alpha value is -2.35. The first-order chi connectivity index (χ1) is 13.5. The lowest BCUT2D eigenvalue weighted by molar-refractivity contribution is -0.115. The molecule has 0 unspecified atom stereocenters. The molecule has 0 saturated heterocycles. The highest BCUT2D eigenvalue weighted by molar-refractivity contribution is 8.00. The van der Waals surface area contributed by atoms with Crippen molar-refractivity contribution in [2.75, 3.05) is 19.0 Å². The molecule has 0 radical (unpaired) electrons. The van der Waals surface area contributed by atoms with Crippen molar-refractivity contribution < 1.29 is 9.53 Å². The van der Waals surface area contributed by atoms with Gasteiger partial charge in [-0.3, -0.25) is 14.2 Å². The number of fused-ring (bicyclic) bond motifs is 1. The average Bonchev–Trinajstić information content (AvgIpc) is 2.68. The van der Waals surface area contributed by atoms with E-state index in [2.05, 4.69) is 10.3 Å². The van der Waals surface area contributed by atoms with E-state index >= 15 is 0 Å². The van der Waals surface area contributed by atoms with E-state index in [9.17, 15) is 9.59 Å². The minimum atomic E-state index is -0.471. The maximum Gasteiger partial charge on any atom is 0.262 e. The van der Waals surface area contributed by atoms with Crippen molar-refractivity contribution in [3.63, 3.8) is 0 Å². The number of hydrogen-bond donors (Lipinski definition) is 1. The van der Waals surface area contributed by atoms with Gasteiger partial charge in [0.15, 0.2) is 5.16 Å². The van der Waals surface area contributed by atoms with E-state index in [4.69, 9.17) is 16.3 Å². The fourth-order valence-electron chi connectivity index (χ4n) is 2.64. The molecule has 146 valence electrons. The van der Waals surface area contributed by atoms with Gasteiger partial charge in [-0.2, -0.15) is 0 Å². The number of ether oxygens (including phenoxy) is 1. The minimum absolute atomic E-state index is 0.146. The van der Waals surface area contributed by atoms with E-state index in [1.807, 2.05) is 6.07 Å². The summed E-state index contributed by atoms with van der Waals surface area (Å²) in [5.41, 5.74) is 1.08. The molecule has 1 aromatic heterocycles. The van der Waals surface area contributed by atoms with Crippen molar-refractivity contribution in [1.82, 2.24) is 9.55 Å². The van der Waals surface area contributed by atoms with Crippen molar-refractivity contribution >= 4 is 45.9 Å². The first-order valence-corrected chi connectivity index (χ1v) is 9.97. The van der Waals surface area contributed by atoms with Crippen molar-refractivity contribution in [2.45, 2.75) is 23.9 Å². The number of nitrogens with one attached hydrogen (secondary N) is 1. The molecule has 6 nitrogen and oxygen atoms in total. The average molecular weight is 418 g/mol. The highest BCUT2D eigenvalue weighted by atomic mass is 35.5. The van der Waals surface area contributed by atoms with Crippen LogP contribution in [0.15, 0.2) is 58.5 Å². The number of rotatable bonds is 7. The quantitative estimate of drug-likeness (QED) is 0.467. The molecular weight excluding hydrogens is 398 g/mol. The highest BCUT2D eigenvalue weighted by Gasteiger charge is 2.19. The fraction of sp³-hybridized carbons (Fsp3) is 0.250. The molecule has 0 bridgehead atoms. The summed E-state index contributed by atoms with van der Waals surface area (Å²) in [5.74, 6) is -0.201. The van der Waals surface area contributed by atoms with Crippen LogP contribution in [0.1, 0.15) is 6.92 Å². The lowest BCUT2D eigenvalue weighted by Gasteiger charge is -2.16. The number of aromatic nitrogens is 2. The molecular formula is C20H20ClN3O3S. The van der Waals surface area contributed by atoms with Crippen molar-refractivity contribution in [2.24, 2.45) is 0 Å². The predicted molar refractivity (Wildman–Crippen MR) is 113 cm³/mol. The Morgan fingerprint density at radius 3 is 2.82 bits per heavy atom. The van der Waals surface area contributed by atoms with E-state index in [1.165, 1.54) is 11.8 Å². The topological polar surface area (TPSA) is 73.2 Å². The molecule has 28 heavy (non-hydrogen) atoms. The predicted octanol–water partition coefficient (Wildman–Crippen LogP) is 3.82. The Kier molecular flexibility index (Phi) is 6.72. The van der Waals surface area contributed by atoms with E-state index in [1.54, 1.807) is 61.1 Å². The zero-order valence-electron chi connectivity index (χ0n) is 15.5. The number of para-hydroxylation sites is 1. The monoisotopic (exact) mass is 417 g/mol. The molecule has 2 aromatic carbocycles. The summed E-state index contributed by atoms with van der Waals surface area (Å²) in [6, 6.07) is 14.1. The Labute approximate surface area is 171 Å². The van der Waals surface area contributed by atoms with Crippen molar-refractivity contribution in [3.8, 4) is 0 Å². The third-order valence-electron chi connectivity index (χ3n) is 4.09. The molecule has 1 heterocycles. The van der Waals surface area contributed by atoms with Crippen LogP contribution in [0.25, 0.3) is 10.9 Å². The van der Waals surface area contributed by atoms with E-state index in [0.29, 0.717) is 39.9 Å². The lowest BCUT2D eigenvalue weighted by Crippen LogP contribution is -2.28. The number of amides is 1. The maximum atomic E-state index is 12.9. The summed E-state index contributed by atoms with van der Waals surface area (Å²) in [4.78, 5) is 30.1. The smallest absolute Gasteiger partial charge is 0.262 e. The van der Waals surface area contributed by atoms with Gasteiger partial charge in [0.2, 0.25) is 5.91 Å². The number of anilines is 1. The number of benzene rings is 2. The van der Waals surface area contributed by atoms with Gasteiger partial charge in [0.1, 0.15) is 0 Å². The van der Waals surface area contributed by atoms with Gasteiger partial charge in [0.25, 0.3) is 5.56 Å². The van der Waals surface area contributed by atoms with Gasteiger partial charge in [-0.05, 0) is 37.3 Å². The molecule has 3 rings (SSSR count). The standard InChI is InChI=1S/C20H20ClN3O3S/c1-13(18(25)22-15-7-5-6-14(21)12-15)28-20-23-17-9-4-3-8-16(17)19(26)24(20)10-11-27-2/h3-9,12-13H,10-11H2,1-2H3,(H,22,25)/t13-/m1/s1. The molecule has 0 aliphatic rings. The second kappa shape index (κ2) is 9.23. The molecule has 3 aromatic rings. The van der Waals surface area contributed by atoms with E-state index in [-0.39, 0.29) is 11.5 Å².